The minimum atomic E-state index is -0.302. The van der Waals surface area contributed by atoms with E-state index in [2.05, 4.69) is 11.0 Å². The number of hydrogen-bond donors (Lipinski definition) is 0. The van der Waals surface area contributed by atoms with E-state index in [1.54, 1.807) is 26.4 Å². The molecule has 0 amide bonds. The van der Waals surface area contributed by atoms with Gasteiger partial charge in [-0.3, -0.25) is 13.7 Å². The fourth-order valence-electron chi connectivity index (χ4n) is 4.45. The first-order chi connectivity index (χ1) is 16.0. The lowest BCUT2D eigenvalue weighted by atomic mass is 9.93. The van der Waals surface area contributed by atoms with Crippen LogP contribution in [0.1, 0.15) is 35.2 Å². The van der Waals surface area contributed by atoms with E-state index in [1.807, 2.05) is 22.2 Å². The van der Waals surface area contributed by atoms with E-state index in [-0.39, 0.29) is 11.5 Å². The van der Waals surface area contributed by atoms with Crippen LogP contribution in [0.4, 0.5) is 0 Å². The Hall–Kier alpha value is -2.84. The third-order valence-corrected chi connectivity index (χ3v) is 7.46. The molecule has 4 rings (SSSR count). The van der Waals surface area contributed by atoms with E-state index >= 15 is 0 Å². The highest BCUT2D eigenvalue weighted by molar-refractivity contribution is 7.13. The highest BCUT2D eigenvalue weighted by Crippen LogP contribution is 2.33. The molecule has 1 aliphatic heterocycles. The molecule has 1 saturated heterocycles. The lowest BCUT2D eigenvalue weighted by Crippen LogP contribution is -2.33. The fourth-order valence-corrected chi connectivity index (χ4v) is 5.47. The summed E-state index contributed by atoms with van der Waals surface area (Å²) in [4.78, 5) is 27.0. The van der Waals surface area contributed by atoms with Gasteiger partial charge in [-0.15, -0.1) is 0 Å². The molecule has 7 nitrogen and oxygen atoms in total. The van der Waals surface area contributed by atoms with Gasteiger partial charge in [0.2, 0.25) is 0 Å². The molecule has 33 heavy (non-hydrogen) atoms. The molecule has 0 radical (unpaired) electrons. The molecule has 1 aliphatic rings. The number of benzene rings is 2. The summed E-state index contributed by atoms with van der Waals surface area (Å²) in [6.45, 7) is 3.59. The predicted octanol–water partition coefficient (Wildman–Crippen LogP) is 4.17. The molecule has 3 aromatic rings. The van der Waals surface area contributed by atoms with Crippen molar-refractivity contribution in [1.29, 1.82) is 0 Å². The molecule has 0 unspecified atom stereocenters. The Morgan fingerprint density at radius 1 is 1.06 bits per heavy atom. The number of carbonyl (C=O) groups is 1. The summed E-state index contributed by atoms with van der Waals surface area (Å²) in [5.41, 5.74) is 1.76. The fraction of sp³-hybridized carbons (Fsp3) is 0.440. The summed E-state index contributed by atoms with van der Waals surface area (Å²) in [5.74, 6) is 1.52. The summed E-state index contributed by atoms with van der Waals surface area (Å²) < 4.78 is 18.3. The molecule has 8 heteroatoms. The Labute approximate surface area is 197 Å². The second kappa shape index (κ2) is 10.4. The number of ether oxygens (including phenoxy) is 3. The minimum absolute atomic E-state index is 0.0406. The summed E-state index contributed by atoms with van der Waals surface area (Å²) in [7, 11) is 4.59. The molecular formula is C25H30N2O5S. The quantitative estimate of drug-likeness (QED) is 0.460. The average molecular weight is 471 g/mol. The van der Waals surface area contributed by atoms with Gasteiger partial charge in [-0.05, 0) is 62.0 Å². The monoisotopic (exact) mass is 470 g/mol. The lowest BCUT2D eigenvalue weighted by molar-refractivity contribution is 0.0600. The van der Waals surface area contributed by atoms with Crippen molar-refractivity contribution in [2.45, 2.75) is 32.4 Å². The first kappa shape index (κ1) is 23.3. The number of carbonyl (C=O) groups excluding carboxylic acids is 1. The van der Waals surface area contributed by atoms with Crippen molar-refractivity contribution in [3.8, 4) is 11.5 Å². The second-order valence-corrected chi connectivity index (χ2v) is 9.47. The van der Waals surface area contributed by atoms with Crippen LogP contribution in [0.3, 0.4) is 0 Å². The van der Waals surface area contributed by atoms with E-state index in [4.69, 9.17) is 14.2 Å². The van der Waals surface area contributed by atoms with Gasteiger partial charge in [-0.25, -0.2) is 4.79 Å². The first-order valence-electron chi connectivity index (χ1n) is 11.2. The maximum atomic E-state index is 12.9. The van der Waals surface area contributed by atoms with E-state index in [9.17, 15) is 9.59 Å². The second-order valence-electron chi connectivity index (χ2n) is 8.40. The molecule has 1 fully saturated rings. The van der Waals surface area contributed by atoms with Gasteiger partial charge in [0.1, 0.15) is 0 Å². The van der Waals surface area contributed by atoms with E-state index < -0.39 is 0 Å². The Kier molecular flexibility index (Phi) is 7.35. The third-order valence-electron chi connectivity index (χ3n) is 6.35. The molecule has 1 aromatic heterocycles. The van der Waals surface area contributed by atoms with Crippen LogP contribution in [0.25, 0.3) is 10.1 Å². The summed E-state index contributed by atoms with van der Waals surface area (Å²) in [5, 5.41) is 0.682. The number of esters is 1. The van der Waals surface area contributed by atoms with Crippen LogP contribution in [0.5, 0.6) is 11.5 Å². The molecule has 2 heterocycles. The number of methoxy groups -OCH3 is 3. The molecule has 0 N–H and O–H groups in total. The maximum Gasteiger partial charge on any atom is 0.337 e. The van der Waals surface area contributed by atoms with Crippen LogP contribution in [0.15, 0.2) is 41.2 Å². The highest BCUT2D eigenvalue weighted by atomic mass is 32.1. The average Bonchev–Trinajstić information content (AvgIpc) is 3.16. The van der Waals surface area contributed by atoms with E-state index in [0.29, 0.717) is 28.4 Å². The summed E-state index contributed by atoms with van der Waals surface area (Å²) in [6.07, 6.45) is 3.21. The number of nitrogens with zero attached hydrogens (tertiary/aromatic N) is 2. The Bertz CT molecular complexity index is 1180. The number of rotatable bonds is 8. The smallest absolute Gasteiger partial charge is 0.337 e. The normalized spacial score (nSPS) is 15.0. The molecule has 2 aromatic carbocycles. The van der Waals surface area contributed by atoms with Crippen molar-refractivity contribution in [2.75, 3.05) is 34.4 Å². The van der Waals surface area contributed by atoms with Gasteiger partial charge in [-0.2, -0.15) is 0 Å². The number of piperidine rings is 1. The Morgan fingerprint density at radius 2 is 1.79 bits per heavy atom. The van der Waals surface area contributed by atoms with Gasteiger partial charge in [0.05, 0.1) is 37.0 Å². The van der Waals surface area contributed by atoms with Gasteiger partial charge >= 0.3 is 5.97 Å². The SMILES string of the molecule is COC(=O)c1cccc(CN2CCC(CCn3sc4cc(OC)c(OC)cc4c3=O)CC2)c1. The highest BCUT2D eigenvalue weighted by Gasteiger charge is 2.21. The lowest BCUT2D eigenvalue weighted by Gasteiger charge is -2.32. The van der Waals surface area contributed by atoms with Crippen molar-refractivity contribution in [3.63, 3.8) is 0 Å². The van der Waals surface area contributed by atoms with Crippen LogP contribution >= 0.6 is 11.5 Å². The first-order valence-corrected chi connectivity index (χ1v) is 11.9. The maximum absolute atomic E-state index is 12.9. The molecule has 0 atom stereocenters. The van der Waals surface area contributed by atoms with E-state index in [0.717, 1.165) is 55.7 Å². The van der Waals surface area contributed by atoms with Crippen LogP contribution < -0.4 is 15.0 Å². The Morgan fingerprint density at radius 3 is 2.48 bits per heavy atom. The number of fused-ring (bicyclic) bond motifs is 1. The molecule has 0 saturated carbocycles. The van der Waals surface area contributed by atoms with Crippen LogP contribution in [0, 0.1) is 5.92 Å². The van der Waals surface area contributed by atoms with Crippen molar-refractivity contribution in [1.82, 2.24) is 8.86 Å². The van der Waals surface area contributed by atoms with Crippen LogP contribution in [-0.2, 0) is 17.8 Å². The predicted molar refractivity (Wildman–Crippen MR) is 130 cm³/mol. The van der Waals surface area contributed by atoms with Crippen LogP contribution in [-0.4, -0.2) is 49.2 Å². The number of aromatic nitrogens is 1. The van der Waals surface area contributed by atoms with Crippen molar-refractivity contribution >= 4 is 27.6 Å². The van der Waals surface area contributed by atoms with Gasteiger partial charge in [0, 0.05) is 19.2 Å². The van der Waals surface area contributed by atoms with Gasteiger partial charge < -0.3 is 14.2 Å². The molecule has 0 aliphatic carbocycles. The molecule has 176 valence electrons. The van der Waals surface area contributed by atoms with Crippen molar-refractivity contribution < 1.29 is 19.0 Å². The number of hydrogen-bond acceptors (Lipinski definition) is 7. The summed E-state index contributed by atoms with van der Waals surface area (Å²) in [6, 6.07) is 11.3. The zero-order valence-electron chi connectivity index (χ0n) is 19.3. The number of likely N-dealkylation sites (tertiary alicyclic amines) is 1. The minimum Gasteiger partial charge on any atom is -0.493 e. The molecule has 0 spiro atoms. The molecular weight excluding hydrogens is 440 g/mol. The van der Waals surface area contributed by atoms with Gasteiger partial charge in [0.15, 0.2) is 11.5 Å². The zero-order chi connectivity index (χ0) is 23.4. The van der Waals surface area contributed by atoms with E-state index in [1.165, 1.54) is 18.6 Å². The van der Waals surface area contributed by atoms with Crippen LogP contribution in [0.2, 0.25) is 0 Å². The largest absolute Gasteiger partial charge is 0.493 e. The zero-order valence-corrected chi connectivity index (χ0v) is 20.2. The Balaban J connectivity index is 1.33. The topological polar surface area (TPSA) is 70.0 Å². The summed E-state index contributed by atoms with van der Waals surface area (Å²) >= 11 is 1.49. The van der Waals surface area contributed by atoms with Gasteiger partial charge in [-0.1, -0.05) is 23.7 Å². The number of aryl methyl sites for hydroxylation is 1. The third kappa shape index (κ3) is 5.23. The molecule has 0 bridgehead atoms. The van der Waals surface area contributed by atoms with Gasteiger partial charge in [0.25, 0.3) is 5.56 Å². The van der Waals surface area contributed by atoms with Crippen molar-refractivity contribution in [2.24, 2.45) is 5.92 Å². The van der Waals surface area contributed by atoms with Crippen molar-refractivity contribution in [3.05, 3.63) is 57.9 Å². The standard InChI is InChI=1S/C25H30N2O5S/c1-30-21-14-20-23(15-22(21)31-2)33-27(24(20)28)12-9-17-7-10-26(11-8-17)16-18-5-4-6-19(13-18)25(29)32-3/h4-6,13-15,17H,7-12,16H2,1-3H3.